The van der Waals surface area contributed by atoms with Crippen LogP contribution in [0.3, 0.4) is 0 Å². The molecule has 3 heteroatoms. The van der Waals surface area contributed by atoms with E-state index in [0.29, 0.717) is 0 Å². The largest absolute Gasteiger partial charge is 0.497 e. The fourth-order valence-electron chi connectivity index (χ4n) is 1.89. The van der Waals surface area contributed by atoms with Crippen LogP contribution in [0.1, 0.15) is 32.8 Å². The minimum Gasteiger partial charge on any atom is -0.497 e. The maximum atomic E-state index is 6.30. The molecule has 0 saturated heterocycles. The Morgan fingerprint density at radius 2 is 2.06 bits per heavy atom. The number of benzene rings is 1. The molecule has 0 aromatic heterocycles. The van der Waals surface area contributed by atoms with Crippen molar-refractivity contribution in [3.8, 4) is 5.75 Å². The summed E-state index contributed by atoms with van der Waals surface area (Å²) < 4.78 is 5.19. The first-order chi connectivity index (χ1) is 8.40. The Kier molecular flexibility index (Phi) is 5.97. The molecule has 0 spiro atoms. The second kappa shape index (κ2) is 7.01. The molecule has 0 aliphatic carbocycles. The van der Waals surface area contributed by atoms with Crippen LogP contribution in [-0.4, -0.2) is 19.0 Å². The van der Waals surface area contributed by atoms with Gasteiger partial charge in [0, 0.05) is 18.5 Å². The predicted octanol–water partition coefficient (Wildman–Crippen LogP) is 3.83. The van der Waals surface area contributed by atoms with Crippen LogP contribution in [-0.2, 0) is 6.54 Å². The van der Waals surface area contributed by atoms with Gasteiger partial charge in [0.15, 0.2) is 0 Å². The van der Waals surface area contributed by atoms with Gasteiger partial charge >= 0.3 is 0 Å². The molecule has 1 aromatic rings. The number of hydrogen-bond donors (Lipinski definition) is 1. The van der Waals surface area contributed by atoms with Crippen molar-refractivity contribution in [1.82, 2.24) is 5.32 Å². The Morgan fingerprint density at radius 1 is 1.33 bits per heavy atom. The third-order valence-corrected chi connectivity index (χ3v) is 2.97. The Bertz CT molecular complexity index is 360. The number of halogens is 1. The van der Waals surface area contributed by atoms with E-state index in [4.69, 9.17) is 16.3 Å². The third-order valence-electron chi connectivity index (χ3n) is 2.66. The van der Waals surface area contributed by atoms with Gasteiger partial charge < -0.3 is 10.1 Å². The van der Waals surface area contributed by atoms with E-state index in [9.17, 15) is 0 Å². The van der Waals surface area contributed by atoms with Crippen LogP contribution in [0.15, 0.2) is 24.3 Å². The molecule has 0 fully saturated rings. The average Bonchev–Trinajstić information content (AvgIpc) is 2.27. The Labute approximate surface area is 116 Å². The monoisotopic (exact) mass is 269 g/mol. The van der Waals surface area contributed by atoms with Crippen LogP contribution >= 0.6 is 11.6 Å². The maximum absolute atomic E-state index is 6.30. The lowest BCUT2D eigenvalue weighted by molar-refractivity contribution is 0.364. The van der Waals surface area contributed by atoms with Crippen LogP contribution in [0.2, 0.25) is 0 Å². The van der Waals surface area contributed by atoms with E-state index >= 15 is 0 Å². The standard InChI is InChI=1S/C15H24ClNO/c1-15(2,3)9-13(16)11-17-10-12-6-5-7-14(8-12)18-4/h5-8,13,17H,9-11H2,1-4H3. The zero-order valence-corrected chi connectivity index (χ0v) is 12.6. The summed E-state index contributed by atoms with van der Waals surface area (Å²) in [5, 5.41) is 3.56. The van der Waals surface area contributed by atoms with Crippen LogP contribution in [0, 0.1) is 5.41 Å². The van der Waals surface area contributed by atoms with E-state index in [1.807, 2.05) is 18.2 Å². The van der Waals surface area contributed by atoms with E-state index < -0.39 is 0 Å². The minimum absolute atomic E-state index is 0.176. The van der Waals surface area contributed by atoms with Crippen molar-refractivity contribution >= 4 is 11.6 Å². The highest BCUT2D eigenvalue weighted by molar-refractivity contribution is 6.20. The van der Waals surface area contributed by atoms with Crippen molar-refractivity contribution in [3.63, 3.8) is 0 Å². The molecule has 1 aromatic carbocycles. The molecule has 1 atom stereocenters. The summed E-state index contributed by atoms with van der Waals surface area (Å²) >= 11 is 6.30. The summed E-state index contributed by atoms with van der Waals surface area (Å²) in [6.07, 6.45) is 1.01. The molecule has 0 amide bonds. The lowest BCUT2D eigenvalue weighted by Gasteiger charge is -2.22. The quantitative estimate of drug-likeness (QED) is 0.793. The fourth-order valence-corrected chi connectivity index (χ4v) is 2.46. The summed E-state index contributed by atoms with van der Waals surface area (Å²) in [5.41, 5.74) is 1.50. The van der Waals surface area contributed by atoms with E-state index in [-0.39, 0.29) is 10.8 Å². The molecule has 18 heavy (non-hydrogen) atoms. The van der Waals surface area contributed by atoms with Gasteiger partial charge in [-0.2, -0.15) is 0 Å². The SMILES string of the molecule is COc1cccc(CNCC(Cl)CC(C)(C)C)c1. The molecule has 0 aliphatic heterocycles. The Balaban J connectivity index is 2.32. The topological polar surface area (TPSA) is 21.3 Å². The van der Waals surface area contributed by atoms with E-state index in [2.05, 4.69) is 32.2 Å². The summed E-state index contributed by atoms with van der Waals surface area (Å²) in [7, 11) is 1.69. The number of ether oxygens (including phenoxy) is 1. The van der Waals surface area contributed by atoms with Gasteiger partial charge in [0.05, 0.1) is 7.11 Å². The first kappa shape index (κ1) is 15.3. The van der Waals surface area contributed by atoms with E-state index in [0.717, 1.165) is 25.3 Å². The fraction of sp³-hybridized carbons (Fsp3) is 0.600. The van der Waals surface area contributed by atoms with Crippen molar-refractivity contribution in [2.24, 2.45) is 5.41 Å². The van der Waals surface area contributed by atoms with Crippen LogP contribution in [0.5, 0.6) is 5.75 Å². The van der Waals surface area contributed by atoms with Gasteiger partial charge in [-0.1, -0.05) is 32.9 Å². The molecule has 0 aliphatic rings. The lowest BCUT2D eigenvalue weighted by atomic mass is 9.90. The zero-order chi connectivity index (χ0) is 13.6. The maximum Gasteiger partial charge on any atom is 0.119 e. The van der Waals surface area contributed by atoms with Gasteiger partial charge in [0.25, 0.3) is 0 Å². The van der Waals surface area contributed by atoms with Crippen molar-refractivity contribution in [3.05, 3.63) is 29.8 Å². The number of nitrogens with one attached hydrogen (secondary N) is 1. The second-order valence-electron chi connectivity index (χ2n) is 5.84. The molecule has 1 rings (SSSR count). The Morgan fingerprint density at radius 3 is 2.67 bits per heavy atom. The van der Waals surface area contributed by atoms with Crippen molar-refractivity contribution < 1.29 is 4.74 Å². The molecule has 2 nitrogen and oxygen atoms in total. The third kappa shape index (κ3) is 6.27. The zero-order valence-electron chi connectivity index (χ0n) is 11.8. The summed E-state index contributed by atoms with van der Waals surface area (Å²) in [5.74, 6) is 0.895. The normalized spacial score (nSPS) is 13.4. The van der Waals surface area contributed by atoms with Crippen LogP contribution in [0.4, 0.5) is 0 Å². The molecule has 0 bridgehead atoms. The smallest absolute Gasteiger partial charge is 0.119 e. The second-order valence-corrected chi connectivity index (χ2v) is 6.46. The van der Waals surface area contributed by atoms with Crippen molar-refractivity contribution in [2.45, 2.75) is 39.1 Å². The van der Waals surface area contributed by atoms with Crippen LogP contribution < -0.4 is 10.1 Å². The first-order valence-electron chi connectivity index (χ1n) is 6.38. The number of alkyl halides is 1. The summed E-state index contributed by atoms with van der Waals surface area (Å²) in [6.45, 7) is 8.29. The summed E-state index contributed by atoms with van der Waals surface area (Å²) in [4.78, 5) is 0. The molecular formula is C15H24ClNO. The highest BCUT2D eigenvalue weighted by Gasteiger charge is 2.16. The van der Waals surface area contributed by atoms with Crippen LogP contribution in [0.25, 0.3) is 0 Å². The average molecular weight is 270 g/mol. The number of methoxy groups -OCH3 is 1. The van der Waals surface area contributed by atoms with Gasteiger partial charge in [-0.05, 0) is 29.5 Å². The molecule has 0 heterocycles. The molecule has 0 saturated carbocycles. The molecule has 0 radical (unpaired) electrons. The Hall–Kier alpha value is -0.730. The van der Waals surface area contributed by atoms with Gasteiger partial charge in [-0.3, -0.25) is 0 Å². The van der Waals surface area contributed by atoms with E-state index in [1.165, 1.54) is 5.56 Å². The molecule has 1 N–H and O–H groups in total. The highest BCUT2D eigenvalue weighted by atomic mass is 35.5. The highest BCUT2D eigenvalue weighted by Crippen LogP contribution is 2.23. The number of hydrogen-bond acceptors (Lipinski definition) is 2. The van der Waals surface area contributed by atoms with Gasteiger partial charge in [-0.15, -0.1) is 11.6 Å². The van der Waals surface area contributed by atoms with Gasteiger partial charge in [0.2, 0.25) is 0 Å². The first-order valence-corrected chi connectivity index (χ1v) is 6.82. The van der Waals surface area contributed by atoms with Gasteiger partial charge in [-0.25, -0.2) is 0 Å². The van der Waals surface area contributed by atoms with E-state index in [1.54, 1.807) is 7.11 Å². The lowest BCUT2D eigenvalue weighted by Crippen LogP contribution is -2.26. The van der Waals surface area contributed by atoms with Gasteiger partial charge in [0.1, 0.15) is 5.75 Å². The molecular weight excluding hydrogens is 246 g/mol. The number of rotatable bonds is 6. The van der Waals surface area contributed by atoms with Crippen molar-refractivity contribution in [1.29, 1.82) is 0 Å². The predicted molar refractivity (Wildman–Crippen MR) is 78.4 cm³/mol. The minimum atomic E-state index is 0.176. The summed E-state index contributed by atoms with van der Waals surface area (Å²) in [6, 6.07) is 8.08. The molecule has 102 valence electrons. The van der Waals surface area contributed by atoms with Crippen molar-refractivity contribution in [2.75, 3.05) is 13.7 Å². The molecule has 1 unspecified atom stereocenters.